The van der Waals surface area contributed by atoms with Gasteiger partial charge in [0, 0.05) is 17.0 Å². The highest BCUT2D eigenvalue weighted by Crippen LogP contribution is 2.31. The fourth-order valence-corrected chi connectivity index (χ4v) is 3.94. The molecule has 0 saturated carbocycles. The Morgan fingerprint density at radius 1 is 0.818 bits per heavy atom. The second kappa shape index (κ2) is 10.3. The standard InChI is InChI=1S/C28H24ClF3O/c1-2-3-14-33-22-10-12-23(26(30)17-22)20-9-11-24-21(16-20)8-7-19(28(24)32)6-4-18-5-13-25(29)27(31)15-18/h5,7-13,15-17H,2-4,6,14H2,1H3. The van der Waals surface area contributed by atoms with Crippen molar-refractivity contribution in [3.8, 4) is 16.9 Å². The van der Waals surface area contributed by atoms with Gasteiger partial charge in [0.15, 0.2) is 0 Å². The molecule has 0 aromatic heterocycles. The number of unbranched alkanes of at least 4 members (excludes halogenated alkanes) is 1. The second-order valence-electron chi connectivity index (χ2n) is 8.07. The van der Waals surface area contributed by atoms with E-state index in [4.69, 9.17) is 16.3 Å². The van der Waals surface area contributed by atoms with Gasteiger partial charge in [-0.05, 0) is 71.7 Å². The molecule has 33 heavy (non-hydrogen) atoms. The van der Waals surface area contributed by atoms with Crippen LogP contribution in [0.25, 0.3) is 21.9 Å². The summed E-state index contributed by atoms with van der Waals surface area (Å²) in [6.45, 7) is 2.62. The Balaban J connectivity index is 1.54. The molecule has 0 aliphatic rings. The zero-order chi connectivity index (χ0) is 23.4. The smallest absolute Gasteiger partial charge is 0.142 e. The first-order valence-corrected chi connectivity index (χ1v) is 11.4. The number of halogens is 4. The first kappa shape index (κ1) is 23.2. The molecule has 0 N–H and O–H groups in total. The summed E-state index contributed by atoms with van der Waals surface area (Å²) in [6, 6.07) is 18.2. The Bertz CT molecular complexity index is 1290. The second-order valence-corrected chi connectivity index (χ2v) is 8.47. The molecule has 0 heterocycles. The molecule has 0 radical (unpaired) electrons. The fraction of sp³-hybridized carbons (Fsp3) is 0.214. The summed E-state index contributed by atoms with van der Waals surface area (Å²) in [7, 11) is 0. The van der Waals surface area contributed by atoms with Crippen molar-refractivity contribution in [1.29, 1.82) is 0 Å². The summed E-state index contributed by atoms with van der Waals surface area (Å²) in [5.74, 6) is -0.667. The lowest BCUT2D eigenvalue weighted by Crippen LogP contribution is -1.98. The molecule has 0 unspecified atom stereocenters. The molecule has 4 aromatic rings. The van der Waals surface area contributed by atoms with Crippen LogP contribution < -0.4 is 4.74 Å². The van der Waals surface area contributed by atoms with E-state index in [-0.39, 0.29) is 16.7 Å². The van der Waals surface area contributed by atoms with E-state index in [1.165, 1.54) is 18.2 Å². The molecule has 0 fully saturated rings. The highest BCUT2D eigenvalue weighted by molar-refractivity contribution is 6.30. The van der Waals surface area contributed by atoms with Crippen LogP contribution in [0.4, 0.5) is 13.2 Å². The van der Waals surface area contributed by atoms with Crippen molar-refractivity contribution in [3.63, 3.8) is 0 Å². The molecule has 4 rings (SSSR count). The number of fused-ring (bicyclic) bond motifs is 1. The van der Waals surface area contributed by atoms with Crippen LogP contribution >= 0.6 is 11.6 Å². The van der Waals surface area contributed by atoms with Crippen LogP contribution in [0.2, 0.25) is 5.02 Å². The van der Waals surface area contributed by atoms with E-state index in [1.807, 2.05) is 6.07 Å². The third kappa shape index (κ3) is 5.33. The molecule has 1 nitrogen and oxygen atoms in total. The van der Waals surface area contributed by atoms with Gasteiger partial charge in [-0.1, -0.05) is 55.3 Å². The minimum atomic E-state index is -0.478. The first-order valence-electron chi connectivity index (χ1n) is 11.0. The van der Waals surface area contributed by atoms with Crippen molar-refractivity contribution in [1.82, 2.24) is 0 Å². The summed E-state index contributed by atoms with van der Waals surface area (Å²) in [5, 5.41) is 1.23. The molecule has 0 atom stereocenters. The van der Waals surface area contributed by atoms with E-state index in [1.54, 1.807) is 42.5 Å². The maximum atomic E-state index is 15.1. The Labute approximate surface area is 196 Å². The fourth-order valence-electron chi connectivity index (χ4n) is 3.83. The minimum absolute atomic E-state index is 0.0709. The van der Waals surface area contributed by atoms with Gasteiger partial charge in [0.25, 0.3) is 0 Å². The van der Waals surface area contributed by atoms with E-state index >= 15 is 4.39 Å². The van der Waals surface area contributed by atoms with E-state index in [0.717, 1.165) is 18.4 Å². The van der Waals surface area contributed by atoms with E-state index in [9.17, 15) is 8.78 Å². The lowest BCUT2D eigenvalue weighted by atomic mass is 9.97. The zero-order valence-corrected chi connectivity index (χ0v) is 19.1. The highest BCUT2D eigenvalue weighted by Gasteiger charge is 2.12. The Morgan fingerprint density at radius 2 is 1.67 bits per heavy atom. The Kier molecular flexibility index (Phi) is 7.24. The zero-order valence-electron chi connectivity index (χ0n) is 18.3. The van der Waals surface area contributed by atoms with Gasteiger partial charge in [0.1, 0.15) is 23.2 Å². The molecule has 0 amide bonds. The number of hydrogen-bond donors (Lipinski definition) is 0. The topological polar surface area (TPSA) is 9.23 Å². The van der Waals surface area contributed by atoms with Crippen LogP contribution in [-0.2, 0) is 12.8 Å². The number of ether oxygens (including phenoxy) is 1. The molecule has 170 valence electrons. The summed E-state index contributed by atoms with van der Waals surface area (Å²) in [5.41, 5.74) is 2.41. The lowest BCUT2D eigenvalue weighted by Gasteiger charge is -2.11. The van der Waals surface area contributed by atoms with Crippen molar-refractivity contribution < 1.29 is 17.9 Å². The van der Waals surface area contributed by atoms with Crippen LogP contribution in [0.15, 0.2) is 66.7 Å². The average Bonchev–Trinajstić information content (AvgIpc) is 2.81. The SMILES string of the molecule is CCCCOc1ccc(-c2ccc3c(F)c(CCc4ccc(Cl)c(F)c4)ccc3c2)c(F)c1. The van der Waals surface area contributed by atoms with Gasteiger partial charge in [-0.25, -0.2) is 13.2 Å². The predicted octanol–water partition coefficient (Wildman–Crippen LogP) is 8.54. The summed E-state index contributed by atoms with van der Waals surface area (Å²) in [6.07, 6.45) is 2.85. The number of rotatable bonds is 8. The molecule has 0 spiro atoms. The third-order valence-electron chi connectivity index (χ3n) is 5.72. The lowest BCUT2D eigenvalue weighted by molar-refractivity contribution is 0.308. The highest BCUT2D eigenvalue weighted by atomic mass is 35.5. The predicted molar refractivity (Wildman–Crippen MR) is 129 cm³/mol. The van der Waals surface area contributed by atoms with Gasteiger partial charge >= 0.3 is 0 Å². The molecule has 0 bridgehead atoms. The average molecular weight is 469 g/mol. The van der Waals surface area contributed by atoms with Crippen LogP contribution in [-0.4, -0.2) is 6.61 Å². The van der Waals surface area contributed by atoms with Crippen molar-refractivity contribution in [2.45, 2.75) is 32.6 Å². The van der Waals surface area contributed by atoms with Crippen LogP contribution in [0.5, 0.6) is 5.75 Å². The van der Waals surface area contributed by atoms with Gasteiger partial charge in [-0.3, -0.25) is 0 Å². The maximum absolute atomic E-state index is 15.1. The van der Waals surface area contributed by atoms with Crippen molar-refractivity contribution in [3.05, 3.63) is 100 Å². The monoisotopic (exact) mass is 468 g/mol. The third-order valence-corrected chi connectivity index (χ3v) is 6.03. The summed E-state index contributed by atoms with van der Waals surface area (Å²) < 4.78 is 49.1. The number of hydrogen-bond acceptors (Lipinski definition) is 1. The molecule has 0 aliphatic carbocycles. The van der Waals surface area contributed by atoms with Crippen molar-refractivity contribution >= 4 is 22.4 Å². The van der Waals surface area contributed by atoms with Crippen LogP contribution in [0.1, 0.15) is 30.9 Å². The molecular weight excluding hydrogens is 445 g/mol. The maximum Gasteiger partial charge on any atom is 0.142 e. The van der Waals surface area contributed by atoms with E-state index in [2.05, 4.69) is 6.92 Å². The summed E-state index contributed by atoms with van der Waals surface area (Å²) >= 11 is 5.72. The van der Waals surface area contributed by atoms with Crippen LogP contribution in [0.3, 0.4) is 0 Å². The van der Waals surface area contributed by atoms with Gasteiger partial charge < -0.3 is 4.74 Å². The van der Waals surface area contributed by atoms with Gasteiger partial charge in [-0.2, -0.15) is 0 Å². The van der Waals surface area contributed by atoms with Crippen LogP contribution in [0, 0.1) is 17.5 Å². The number of benzene rings is 4. The molecule has 4 aromatic carbocycles. The van der Waals surface area contributed by atoms with Gasteiger partial charge in [0.2, 0.25) is 0 Å². The minimum Gasteiger partial charge on any atom is -0.493 e. The Morgan fingerprint density at radius 3 is 2.42 bits per heavy atom. The van der Waals surface area contributed by atoms with Gasteiger partial charge in [0.05, 0.1) is 11.6 Å². The summed E-state index contributed by atoms with van der Waals surface area (Å²) in [4.78, 5) is 0. The molecule has 0 aliphatic heterocycles. The normalized spacial score (nSPS) is 11.2. The Hall–Kier alpha value is -2.98. The largest absolute Gasteiger partial charge is 0.493 e. The van der Waals surface area contributed by atoms with E-state index < -0.39 is 5.82 Å². The van der Waals surface area contributed by atoms with Gasteiger partial charge in [-0.15, -0.1) is 0 Å². The van der Waals surface area contributed by atoms with E-state index in [0.29, 0.717) is 52.7 Å². The van der Waals surface area contributed by atoms with Crippen molar-refractivity contribution in [2.24, 2.45) is 0 Å². The quantitative estimate of drug-likeness (QED) is 0.235. The molecular formula is C28H24ClF3O. The number of aryl methyl sites for hydroxylation is 2. The van der Waals surface area contributed by atoms with Crippen molar-refractivity contribution in [2.75, 3.05) is 6.61 Å². The molecule has 5 heteroatoms. The first-order chi connectivity index (χ1) is 16.0. The molecule has 0 saturated heterocycles.